The molecule has 0 saturated heterocycles. The predicted octanol–water partition coefficient (Wildman–Crippen LogP) is -0.618. The summed E-state index contributed by atoms with van der Waals surface area (Å²) < 4.78 is 0. The van der Waals surface area contributed by atoms with Crippen molar-refractivity contribution in [3.8, 4) is 0 Å². The molecule has 0 fully saturated rings. The minimum absolute atomic E-state index is 0.138. The van der Waals surface area contributed by atoms with Crippen LogP contribution in [-0.4, -0.2) is 21.6 Å². The summed E-state index contributed by atoms with van der Waals surface area (Å²) in [7, 11) is 0. The smallest absolute Gasteiger partial charge is 0.350 e. The first-order valence-corrected chi connectivity index (χ1v) is 3.52. The average Bonchev–Trinajstić information content (AvgIpc) is 1.83. The van der Waals surface area contributed by atoms with E-state index in [1.165, 1.54) is 0 Å². The maximum Gasteiger partial charge on any atom is 0.350 e. The molecule has 0 heterocycles. The van der Waals surface area contributed by atoms with Crippen LogP contribution < -0.4 is 5.11 Å². The number of carbonyl (C=O) groups excluding carboxylic acids is 2. The van der Waals surface area contributed by atoms with Gasteiger partial charge in [0, 0.05) is 5.75 Å². The molecule has 0 rings (SSSR count). The number of carboxylic acid groups (broad SMARTS) is 1. The summed E-state index contributed by atoms with van der Waals surface area (Å²) in [6.07, 6.45) is 0.484. The maximum atomic E-state index is 9.76. The topological polar surface area (TPSA) is 61.5 Å². The van der Waals surface area contributed by atoms with E-state index in [2.05, 4.69) is 0 Å². The van der Waals surface area contributed by atoms with Gasteiger partial charge in [-0.3, -0.25) is 4.79 Å². The van der Waals surface area contributed by atoms with Gasteiger partial charge < -0.3 is 9.90 Å². The van der Waals surface area contributed by atoms with Gasteiger partial charge >= 0.3 is 5.12 Å². The Morgan fingerprint density at radius 2 is 2.33 bits per heavy atom. The van der Waals surface area contributed by atoms with Crippen LogP contribution in [0.4, 0.5) is 0 Å². The number of rotatable bonds is 3. The molecule has 0 aromatic rings. The Morgan fingerprint density at radius 3 is 2.67 bits per heavy atom. The summed E-state index contributed by atoms with van der Waals surface area (Å²) >= 11 is 0.895. The SMILES string of the molecule is CCC(=[OH+])SCC(=O)[O-]. The molecule has 0 bridgehead atoms. The van der Waals surface area contributed by atoms with Crippen molar-refractivity contribution >= 4 is 22.8 Å². The lowest BCUT2D eigenvalue weighted by Gasteiger charge is -1.93. The summed E-state index contributed by atoms with van der Waals surface area (Å²) in [5.74, 6) is -1.32. The molecule has 0 amide bonds. The van der Waals surface area contributed by atoms with Crippen molar-refractivity contribution in [1.29, 1.82) is 0 Å². The Kier molecular flexibility index (Phi) is 4.13. The minimum atomic E-state index is -1.15. The van der Waals surface area contributed by atoms with Gasteiger partial charge in [-0.15, -0.1) is 0 Å². The largest absolute Gasteiger partial charge is 0.549 e. The summed E-state index contributed by atoms with van der Waals surface area (Å²) in [6, 6.07) is 0. The third-order valence-corrected chi connectivity index (χ3v) is 1.66. The molecule has 0 aliphatic heterocycles. The normalized spacial score (nSPS) is 9.00. The molecule has 0 saturated carbocycles. The van der Waals surface area contributed by atoms with Crippen LogP contribution in [0.5, 0.6) is 0 Å². The van der Waals surface area contributed by atoms with Crippen LogP contribution in [0.15, 0.2) is 0 Å². The number of hydrogen-bond donors (Lipinski definition) is 0. The lowest BCUT2D eigenvalue weighted by molar-refractivity contribution is -0.301. The third kappa shape index (κ3) is 5.36. The molecule has 3 nitrogen and oxygen atoms in total. The summed E-state index contributed by atoms with van der Waals surface area (Å²) in [5, 5.41) is 9.90. The van der Waals surface area contributed by atoms with Crippen LogP contribution in [0.3, 0.4) is 0 Å². The summed E-state index contributed by atoms with van der Waals surface area (Å²) in [5.41, 5.74) is 0. The van der Waals surface area contributed by atoms with Crippen molar-refractivity contribution in [3.63, 3.8) is 0 Å². The molecule has 0 aromatic carbocycles. The van der Waals surface area contributed by atoms with Gasteiger partial charge in [0.15, 0.2) is 0 Å². The Balaban J connectivity index is 3.28. The van der Waals surface area contributed by atoms with Crippen LogP contribution in [0, 0.1) is 0 Å². The van der Waals surface area contributed by atoms with E-state index in [4.69, 9.17) is 4.79 Å². The van der Waals surface area contributed by atoms with E-state index in [0.29, 0.717) is 6.42 Å². The fraction of sp³-hybridized carbons (Fsp3) is 0.600. The van der Waals surface area contributed by atoms with Gasteiger partial charge in [0.25, 0.3) is 0 Å². The molecule has 52 valence electrons. The first kappa shape index (κ1) is 8.49. The van der Waals surface area contributed by atoms with Crippen molar-refractivity contribution < 1.29 is 14.7 Å². The number of hydrogen-bond acceptors (Lipinski definition) is 3. The van der Waals surface area contributed by atoms with Crippen molar-refractivity contribution in [3.05, 3.63) is 0 Å². The zero-order valence-corrected chi connectivity index (χ0v) is 5.90. The molecule has 0 aliphatic carbocycles. The monoisotopic (exact) mass is 148 g/mol. The van der Waals surface area contributed by atoms with Crippen molar-refractivity contribution in [2.75, 3.05) is 5.75 Å². The minimum Gasteiger partial charge on any atom is -0.549 e. The molecular formula is C5H8O3S. The van der Waals surface area contributed by atoms with Crippen LogP contribution in [0.2, 0.25) is 0 Å². The Hall–Kier alpha value is -0.510. The molecule has 0 radical (unpaired) electrons. The quantitative estimate of drug-likeness (QED) is 0.501. The van der Waals surface area contributed by atoms with Crippen LogP contribution in [0.1, 0.15) is 13.3 Å². The van der Waals surface area contributed by atoms with E-state index in [1.54, 1.807) is 6.92 Å². The molecule has 9 heavy (non-hydrogen) atoms. The van der Waals surface area contributed by atoms with Crippen LogP contribution >= 0.6 is 11.8 Å². The van der Waals surface area contributed by atoms with Gasteiger partial charge in [0.2, 0.25) is 0 Å². The fourth-order valence-corrected chi connectivity index (χ4v) is 0.733. The van der Waals surface area contributed by atoms with E-state index >= 15 is 0 Å². The first-order valence-electron chi connectivity index (χ1n) is 2.54. The van der Waals surface area contributed by atoms with Crippen molar-refractivity contribution in [1.82, 2.24) is 0 Å². The summed E-state index contributed by atoms with van der Waals surface area (Å²) in [4.78, 5) is 18.5. The second kappa shape index (κ2) is 4.38. The zero-order valence-electron chi connectivity index (χ0n) is 5.09. The van der Waals surface area contributed by atoms with Crippen LogP contribution in [-0.2, 0) is 4.79 Å². The maximum absolute atomic E-state index is 9.76. The van der Waals surface area contributed by atoms with E-state index in [9.17, 15) is 9.90 Å². The van der Waals surface area contributed by atoms with Crippen LogP contribution in [0.25, 0.3) is 0 Å². The highest BCUT2D eigenvalue weighted by molar-refractivity contribution is 8.14. The molecule has 4 heteroatoms. The molecule has 0 spiro atoms. The molecular weight excluding hydrogens is 140 g/mol. The highest BCUT2D eigenvalue weighted by atomic mass is 32.2. The predicted molar refractivity (Wildman–Crippen MR) is 34.7 cm³/mol. The Labute approximate surface area is 57.4 Å². The van der Waals surface area contributed by atoms with Crippen molar-refractivity contribution in [2.45, 2.75) is 13.3 Å². The molecule has 0 unspecified atom stereocenters. The number of aliphatic carboxylic acids is 1. The standard InChI is InChI=1S/C5H8O3S/c1-2-5(8)9-3-4(6)7/h2-3H2,1H3,(H,6,7). The second-order valence-corrected chi connectivity index (χ2v) is 2.46. The van der Waals surface area contributed by atoms with Gasteiger partial charge in [0.05, 0.1) is 12.4 Å². The van der Waals surface area contributed by atoms with Crippen molar-refractivity contribution in [2.24, 2.45) is 0 Å². The molecule has 0 aliphatic rings. The zero-order chi connectivity index (χ0) is 7.28. The number of thioether (sulfide) groups is 1. The number of carbonyl (C=O) groups is 1. The average molecular weight is 148 g/mol. The summed E-state index contributed by atoms with van der Waals surface area (Å²) in [6.45, 7) is 1.75. The highest BCUT2D eigenvalue weighted by Crippen LogP contribution is 2.02. The van der Waals surface area contributed by atoms with E-state index in [1.807, 2.05) is 0 Å². The first-order chi connectivity index (χ1) is 4.16. The number of carboxylic acids is 1. The molecule has 0 aromatic heterocycles. The third-order valence-electron chi connectivity index (χ3n) is 0.659. The lowest BCUT2D eigenvalue weighted by atomic mass is 10.6. The van der Waals surface area contributed by atoms with E-state index in [-0.39, 0.29) is 10.9 Å². The van der Waals surface area contributed by atoms with Gasteiger partial charge in [-0.1, -0.05) is 6.92 Å². The van der Waals surface area contributed by atoms with E-state index in [0.717, 1.165) is 11.8 Å². The molecule has 0 atom stereocenters. The molecule has 1 N–H and O–H groups in total. The Morgan fingerprint density at radius 1 is 1.78 bits per heavy atom. The van der Waals surface area contributed by atoms with Gasteiger partial charge in [-0.25, -0.2) is 0 Å². The highest BCUT2D eigenvalue weighted by Gasteiger charge is 2.04. The van der Waals surface area contributed by atoms with Gasteiger partial charge in [-0.05, 0) is 11.8 Å². The van der Waals surface area contributed by atoms with E-state index < -0.39 is 5.97 Å². The van der Waals surface area contributed by atoms with Gasteiger partial charge in [0.1, 0.15) is 0 Å². The lowest BCUT2D eigenvalue weighted by Crippen LogP contribution is -2.25. The fourth-order valence-electron chi connectivity index (χ4n) is 0.244. The Bertz CT molecular complexity index is 121. The van der Waals surface area contributed by atoms with Gasteiger partial charge in [-0.2, -0.15) is 0 Å². The second-order valence-electron chi connectivity index (χ2n) is 1.41.